The van der Waals surface area contributed by atoms with Gasteiger partial charge in [-0.1, -0.05) is 17.8 Å². The molecule has 0 atom stereocenters. The van der Waals surface area contributed by atoms with Gasteiger partial charge in [0.25, 0.3) is 0 Å². The van der Waals surface area contributed by atoms with Gasteiger partial charge in [0, 0.05) is 30.5 Å². The van der Waals surface area contributed by atoms with E-state index in [-0.39, 0.29) is 18.2 Å². The average molecular weight is 454 g/mol. The van der Waals surface area contributed by atoms with Crippen molar-refractivity contribution < 1.29 is 14.3 Å². The molecule has 0 unspecified atom stereocenters. The lowest BCUT2D eigenvalue weighted by molar-refractivity contribution is -0.116. The summed E-state index contributed by atoms with van der Waals surface area (Å²) in [4.78, 5) is 27.6. The van der Waals surface area contributed by atoms with Gasteiger partial charge in [0.15, 0.2) is 0 Å². The Morgan fingerprint density at radius 2 is 1.91 bits per heavy atom. The van der Waals surface area contributed by atoms with E-state index < -0.39 is 0 Å². The summed E-state index contributed by atoms with van der Waals surface area (Å²) >= 11 is 1.35. The number of ether oxygens (including phenoxy) is 1. The molecule has 3 rings (SSSR count). The Kier molecular flexibility index (Phi) is 8.21. The van der Waals surface area contributed by atoms with Gasteiger partial charge in [-0.2, -0.15) is 10.1 Å². The lowest BCUT2D eigenvalue weighted by Crippen LogP contribution is -2.13. The topological polar surface area (TPSA) is 133 Å². The van der Waals surface area contributed by atoms with Crippen LogP contribution in [-0.4, -0.2) is 46.1 Å². The minimum absolute atomic E-state index is 0.143. The lowest BCUT2D eigenvalue weighted by atomic mass is 10.2. The van der Waals surface area contributed by atoms with Crippen LogP contribution in [0.4, 0.5) is 17.3 Å². The SMILES string of the molecule is COc1ccc(/C=N\Nc2nc(SCCC(=O)Nc3cccc(NC(C)=O)c3)n[nH]2)cc1. The van der Waals surface area contributed by atoms with Crippen LogP contribution in [0.25, 0.3) is 0 Å². The summed E-state index contributed by atoms with van der Waals surface area (Å²) in [5.41, 5.74) is 4.92. The molecule has 1 aromatic heterocycles. The lowest BCUT2D eigenvalue weighted by Gasteiger charge is -2.07. The normalized spacial score (nSPS) is 10.7. The number of H-pyrrole nitrogens is 1. The molecule has 10 nitrogen and oxygen atoms in total. The van der Waals surface area contributed by atoms with Gasteiger partial charge in [-0.05, 0) is 48.0 Å². The van der Waals surface area contributed by atoms with Crippen molar-refractivity contribution in [3.63, 3.8) is 0 Å². The highest BCUT2D eigenvalue weighted by Gasteiger charge is 2.07. The number of anilines is 3. The first-order valence-corrected chi connectivity index (χ1v) is 10.7. The highest BCUT2D eigenvalue weighted by atomic mass is 32.2. The van der Waals surface area contributed by atoms with E-state index in [0.717, 1.165) is 11.3 Å². The molecule has 1 heterocycles. The zero-order valence-corrected chi connectivity index (χ0v) is 18.4. The van der Waals surface area contributed by atoms with E-state index in [4.69, 9.17) is 4.74 Å². The second kappa shape index (κ2) is 11.5. The molecule has 0 aliphatic heterocycles. The Hall–Kier alpha value is -3.86. The first-order valence-electron chi connectivity index (χ1n) is 9.67. The Balaban J connectivity index is 1.40. The number of aromatic amines is 1. The second-order valence-electron chi connectivity index (χ2n) is 6.52. The molecule has 0 aliphatic carbocycles. The predicted molar refractivity (Wildman–Crippen MR) is 125 cm³/mol. The number of hydrogen-bond acceptors (Lipinski definition) is 8. The van der Waals surface area contributed by atoms with E-state index in [9.17, 15) is 9.59 Å². The van der Waals surface area contributed by atoms with Crippen LogP contribution >= 0.6 is 11.8 Å². The first-order chi connectivity index (χ1) is 15.5. The summed E-state index contributed by atoms with van der Waals surface area (Å²) in [6.45, 7) is 1.43. The number of hydrogen-bond donors (Lipinski definition) is 4. The third kappa shape index (κ3) is 7.43. The summed E-state index contributed by atoms with van der Waals surface area (Å²) in [7, 11) is 1.62. The van der Waals surface area contributed by atoms with Crippen molar-refractivity contribution in [1.82, 2.24) is 15.2 Å². The van der Waals surface area contributed by atoms with Crippen molar-refractivity contribution in [3.8, 4) is 5.75 Å². The Labute approximate surface area is 189 Å². The Morgan fingerprint density at radius 1 is 1.16 bits per heavy atom. The van der Waals surface area contributed by atoms with Gasteiger partial charge in [-0.15, -0.1) is 5.10 Å². The van der Waals surface area contributed by atoms with Crippen LogP contribution in [0.5, 0.6) is 5.75 Å². The number of thioether (sulfide) groups is 1. The smallest absolute Gasteiger partial charge is 0.240 e. The van der Waals surface area contributed by atoms with Gasteiger partial charge in [0.1, 0.15) is 5.75 Å². The van der Waals surface area contributed by atoms with Crippen LogP contribution in [0.1, 0.15) is 18.9 Å². The fraction of sp³-hybridized carbons (Fsp3) is 0.190. The summed E-state index contributed by atoms with van der Waals surface area (Å²) in [5.74, 6) is 1.37. The quantitative estimate of drug-likeness (QED) is 0.210. The molecule has 2 aromatic carbocycles. The molecule has 0 bridgehead atoms. The zero-order valence-electron chi connectivity index (χ0n) is 17.6. The standard InChI is InChI=1S/C21H23N7O3S/c1-14(29)23-16-4-3-5-17(12-16)24-19(30)10-11-32-21-25-20(27-28-21)26-22-13-15-6-8-18(31-2)9-7-15/h3-9,12-13H,10-11H2,1-2H3,(H,23,29)(H,24,30)(H2,25,26,27,28)/b22-13-. The van der Waals surface area contributed by atoms with E-state index >= 15 is 0 Å². The minimum Gasteiger partial charge on any atom is -0.497 e. The number of nitrogens with zero attached hydrogens (tertiary/aromatic N) is 3. The molecule has 0 saturated carbocycles. The van der Waals surface area contributed by atoms with Gasteiger partial charge < -0.3 is 15.4 Å². The number of benzene rings is 2. The number of amides is 2. The number of carbonyl (C=O) groups excluding carboxylic acids is 2. The van der Waals surface area contributed by atoms with Crippen LogP contribution in [0.3, 0.4) is 0 Å². The highest BCUT2D eigenvalue weighted by Crippen LogP contribution is 2.18. The summed E-state index contributed by atoms with van der Waals surface area (Å²) in [6.07, 6.45) is 1.93. The van der Waals surface area contributed by atoms with E-state index in [2.05, 4.69) is 36.3 Å². The van der Waals surface area contributed by atoms with E-state index in [0.29, 0.717) is 28.2 Å². The fourth-order valence-electron chi connectivity index (χ4n) is 2.56. The van der Waals surface area contributed by atoms with Gasteiger partial charge in [0.05, 0.1) is 13.3 Å². The van der Waals surface area contributed by atoms with E-state index in [1.807, 2.05) is 24.3 Å². The average Bonchev–Trinajstić information content (AvgIpc) is 3.21. The first kappa shape index (κ1) is 22.8. The summed E-state index contributed by atoms with van der Waals surface area (Å²) in [6, 6.07) is 14.4. The molecule has 0 spiro atoms. The molecule has 0 radical (unpaired) electrons. The van der Waals surface area contributed by atoms with Crippen molar-refractivity contribution in [1.29, 1.82) is 0 Å². The molecular weight excluding hydrogens is 430 g/mol. The molecule has 0 saturated heterocycles. The van der Waals surface area contributed by atoms with Gasteiger partial charge in [0.2, 0.25) is 22.9 Å². The fourth-order valence-corrected chi connectivity index (χ4v) is 3.29. The van der Waals surface area contributed by atoms with E-state index in [1.165, 1.54) is 18.7 Å². The van der Waals surface area contributed by atoms with Gasteiger partial charge in [-0.3, -0.25) is 9.59 Å². The Bertz CT molecular complexity index is 1080. The number of methoxy groups -OCH3 is 1. The maximum Gasteiger partial charge on any atom is 0.240 e. The minimum atomic E-state index is -0.170. The van der Waals surface area contributed by atoms with Crippen LogP contribution in [0.2, 0.25) is 0 Å². The van der Waals surface area contributed by atoms with Gasteiger partial charge in [-0.25, -0.2) is 10.5 Å². The van der Waals surface area contributed by atoms with Crippen molar-refractivity contribution in [3.05, 3.63) is 54.1 Å². The third-order valence-corrected chi connectivity index (χ3v) is 4.84. The molecule has 0 aliphatic rings. The van der Waals surface area contributed by atoms with Crippen LogP contribution < -0.4 is 20.8 Å². The molecule has 166 valence electrons. The Morgan fingerprint density at radius 3 is 2.62 bits per heavy atom. The number of rotatable bonds is 10. The van der Waals surface area contributed by atoms with Gasteiger partial charge >= 0.3 is 0 Å². The number of carbonyl (C=O) groups is 2. The number of hydrazone groups is 1. The predicted octanol–water partition coefficient (Wildman–Crippen LogP) is 3.34. The molecule has 11 heteroatoms. The monoisotopic (exact) mass is 453 g/mol. The van der Waals surface area contributed by atoms with Crippen LogP contribution in [0, 0.1) is 0 Å². The largest absolute Gasteiger partial charge is 0.497 e. The van der Waals surface area contributed by atoms with Crippen LogP contribution in [0.15, 0.2) is 58.8 Å². The molecule has 2 amide bonds. The summed E-state index contributed by atoms with van der Waals surface area (Å²) < 4.78 is 5.12. The van der Waals surface area contributed by atoms with Crippen molar-refractivity contribution in [2.24, 2.45) is 5.10 Å². The maximum atomic E-state index is 12.2. The maximum absolute atomic E-state index is 12.2. The third-order valence-electron chi connectivity index (χ3n) is 3.99. The van der Waals surface area contributed by atoms with E-state index in [1.54, 1.807) is 37.6 Å². The van der Waals surface area contributed by atoms with Crippen molar-refractivity contribution in [2.45, 2.75) is 18.5 Å². The van der Waals surface area contributed by atoms with Crippen LogP contribution in [-0.2, 0) is 9.59 Å². The second-order valence-corrected chi connectivity index (χ2v) is 7.58. The molecule has 32 heavy (non-hydrogen) atoms. The zero-order chi connectivity index (χ0) is 22.8. The molecule has 4 N–H and O–H groups in total. The summed E-state index contributed by atoms with van der Waals surface area (Å²) in [5, 5.41) is 16.9. The molecular formula is C21H23N7O3S. The molecule has 0 fully saturated rings. The number of aromatic nitrogens is 3. The highest BCUT2D eigenvalue weighted by molar-refractivity contribution is 7.99. The number of nitrogens with one attached hydrogen (secondary N) is 4. The van der Waals surface area contributed by atoms with Crippen molar-refractivity contribution in [2.75, 3.05) is 28.9 Å². The molecule has 3 aromatic rings. The van der Waals surface area contributed by atoms with Crippen molar-refractivity contribution >= 4 is 47.1 Å².